The summed E-state index contributed by atoms with van der Waals surface area (Å²) in [5.74, 6) is 2.13. The van der Waals surface area contributed by atoms with Gasteiger partial charge in [-0.1, -0.05) is 12.1 Å². The van der Waals surface area contributed by atoms with Crippen LogP contribution in [-0.2, 0) is 6.42 Å². The number of hydrogen-bond donors (Lipinski definition) is 2. The molecule has 0 saturated carbocycles. The second-order valence-corrected chi connectivity index (χ2v) is 8.59. The number of benzene rings is 1. The van der Waals surface area contributed by atoms with E-state index in [2.05, 4.69) is 28.6 Å². The average Bonchev–Trinajstić information content (AvgIpc) is 3.04. The number of rotatable bonds is 6. The predicted molar refractivity (Wildman–Crippen MR) is 108 cm³/mol. The number of guanidine groups is 1. The van der Waals surface area contributed by atoms with Crippen LogP contribution in [0, 0.1) is 0 Å². The highest BCUT2D eigenvalue weighted by molar-refractivity contribution is 8.00. The summed E-state index contributed by atoms with van der Waals surface area (Å²) in [5.41, 5.74) is 1.88. The second kappa shape index (κ2) is 9.13. The molecule has 1 amide bonds. The van der Waals surface area contributed by atoms with E-state index >= 15 is 0 Å². The van der Waals surface area contributed by atoms with Gasteiger partial charge in [0.1, 0.15) is 0 Å². The number of carbonyl (C=O) groups is 1. The van der Waals surface area contributed by atoms with Crippen LogP contribution in [0.1, 0.15) is 35.7 Å². The first-order valence-corrected chi connectivity index (χ1v) is 9.81. The molecule has 1 fully saturated rings. The maximum atomic E-state index is 12.0. The summed E-state index contributed by atoms with van der Waals surface area (Å²) in [5, 5.41) is 6.80. The van der Waals surface area contributed by atoms with Crippen LogP contribution in [0.4, 0.5) is 0 Å². The molecule has 1 atom stereocenters. The summed E-state index contributed by atoms with van der Waals surface area (Å²) in [6.07, 6.45) is 3.41. The number of nitrogens with zero attached hydrogens (tertiary/aromatic N) is 2. The van der Waals surface area contributed by atoms with Gasteiger partial charge < -0.3 is 15.5 Å². The lowest BCUT2D eigenvalue weighted by atomic mass is 10.1. The number of carbonyl (C=O) groups excluding carboxylic acids is 1. The van der Waals surface area contributed by atoms with Crippen LogP contribution in [-0.4, -0.2) is 61.5 Å². The van der Waals surface area contributed by atoms with Gasteiger partial charge in [0.25, 0.3) is 5.91 Å². The minimum atomic E-state index is 0.0367. The fourth-order valence-corrected chi connectivity index (χ4v) is 4.16. The molecule has 138 valence electrons. The highest BCUT2D eigenvalue weighted by atomic mass is 32.2. The molecule has 2 N–H and O–H groups in total. The van der Waals surface area contributed by atoms with Crippen molar-refractivity contribution >= 4 is 23.6 Å². The molecule has 1 unspecified atom stereocenters. The Balaban J connectivity index is 1.80. The summed E-state index contributed by atoms with van der Waals surface area (Å²) >= 11 is 2.04. The van der Waals surface area contributed by atoms with Gasteiger partial charge in [0, 0.05) is 44.5 Å². The van der Waals surface area contributed by atoms with E-state index in [-0.39, 0.29) is 5.91 Å². The average molecular weight is 363 g/mol. The van der Waals surface area contributed by atoms with Gasteiger partial charge in [-0.2, -0.15) is 11.8 Å². The molecule has 1 aromatic rings. The van der Waals surface area contributed by atoms with Crippen molar-refractivity contribution in [2.75, 3.05) is 40.0 Å². The normalized spacial score (nSPS) is 20.4. The third-order valence-electron chi connectivity index (χ3n) is 4.44. The number of thioether (sulfide) groups is 1. The zero-order chi connectivity index (χ0) is 18.3. The molecule has 1 heterocycles. The molecule has 0 spiro atoms. The summed E-state index contributed by atoms with van der Waals surface area (Å²) < 4.78 is 0.318. The molecule has 1 saturated heterocycles. The predicted octanol–water partition coefficient (Wildman–Crippen LogP) is 2.38. The molecule has 1 aliphatic rings. The third kappa shape index (κ3) is 5.96. The molecule has 2 rings (SSSR count). The first kappa shape index (κ1) is 19.6. The van der Waals surface area contributed by atoms with Crippen LogP contribution in [0.3, 0.4) is 0 Å². The first-order chi connectivity index (χ1) is 11.9. The zero-order valence-corrected chi connectivity index (χ0v) is 16.6. The molecule has 1 aliphatic heterocycles. The van der Waals surface area contributed by atoms with E-state index in [1.54, 1.807) is 26.0 Å². The Morgan fingerprint density at radius 3 is 2.80 bits per heavy atom. The first-order valence-electron chi connectivity index (χ1n) is 8.82. The van der Waals surface area contributed by atoms with Gasteiger partial charge in [-0.3, -0.25) is 9.79 Å². The number of nitrogens with one attached hydrogen (secondary N) is 2. The van der Waals surface area contributed by atoms with Crippen LogP contribution in [0.5, 0.6) is 0 Å². The van der Waals surface area contributed by atoms with Crippen molar-refractivity contribution in [1.82, 2.24) is 15.5 Å². The lowest BCUT2D eigenvalue weighted by Gasteiger charge is -2.24. The molecule has 25 heavy (non-hydrogen) atoms. The molecule has 0 aromatic heterocycles. The van der Waals surface area contributed by atoms with Crippen molar-refractivity contribution < 1.29 is 4.79 Å². The lowest BCUT2D eigenvalue weighted by molar-refractivity contribution is 0.0827. The topological polar surface area (TPSA) is 56.7 Å². The maximum absolute atomic E-state index is 12.0. The highest BCUT2D eigenvalue weighted by Crippen LogP contribution is 2.36. The Morgan fingerprint density at radius 2 is 2.16 bits per heavy atom. The van der Waals surface area contributed by atoms with Gasteiger partial charge in [-0.05, 0) is 49.6 Å². The van der Waals surface area contributed by atoms with Crippen molar-refractivity contribution in [2.45, 2.75) is 30.9 Å². The Labute approximate surface area is 155 Å². The quantitative estimate of drug-likeness (QED) is 0.603. The Bertz CT molecular complexity index is 609. The van der Waals surface area contributed by atoms with E-state index in [4.69, 9.17) is 0 Å². The third-order valence-corrected chi connectivity index (χ3v) is 5.98. The van der Waals surface area contributed by atoms with Crippen LogP contribution in [0.25, 0.3) is 0 Å². The van der Waals surface area contributed by atoms with Gasteiger partial charge in [-0.15, -0.1) is 0 Å². The monoisotopic (exact) mass is 362 g/mol. The summed E-state index contributed by atoms with van der Waals surface area (Å²) in [7, 11) is 5.35. The zero-order valence-electron chi connectivity index (χ0n) is 15.8. The molecule has 5 nitrogen and oxygen atoms in total. The molecular weight excluding hydrogens is 332 g/mol. The molecule has 1 aromatic carbocycles. The van der Waals surface area contributed by atoms with Crippen molar-refractivity contribution in [2.24, 2.45) is 4.99 Å². The van der Waals surface area contributed by atoms with Crippen LogP contribution in [0.15, 0.2) is 29.3 Å². The van der Waals surface area contributed by atoms with Gasteiger partial charge in [0.15, 0.2) is 5.96 Å². The number of aliphatic imine (C=N–C) groups is 1. The molecular formula is C19H30N4OS. The Morgan fingerprint density at radius 1 is 1.36 bits per heavy atom. The minimum Gasteiger partial charge on any atom is -0.356 e. The summed E-state index contributed by atoms with van der Waals surface area (Å²) in [4.78, 5) is 18.0. The van der Waals surface area contributed by atoms with E-state index in [1.165, 1.54) is 18.6 Å². The van der Waals surface area contributed by atoms with Gasteiger partial charge in [-0.25, -0.2) is 0 Å². The van der Waals surface area contributed by atoms with Crippen molar-refractivity contribution in [1.29, 1.82) is 0 Å². The summed E-state index contributed by atoms with van der Waals surface area (Å²) in [6.45, 7) is 4.03. The van der Waals surface area contributed by atoms with Gasteiger partial charge >= 0.3 is 0 Å². The van der Waals surface area contributed by atoms with E-state index in [9.17, 15) is 4.79 Å². The van der Waals surface area contributed by atoms with E-state index < -0.39 is 0 Å². The lowest BCUT2D eigenvalue weighted by Crippen LogP contribution is -2.44. The standard InChI is InChI=1S/C19H30N4OS/c1-19(10-6-12-25-19)14-22-18(20-2)21-11-9-15-7-5-8-16(13-15)17(24)23(3)4/h5,7-8,13H,6,9-12,14H2,1-4H3,(H2,20,21,22). The van der Waals surface area contributed by atoms with E-state index in [0.717, 1.165) is 36.6 Å². The second-order valence-electron chi connectivity index (χ2n) is 6.90. The van der Waals surface area contributed by atoms with Crippen LogP contribution >= 0.6 is 11.8 Å². The number of amides is 1. The molecule has 0 aliphatic carbocycles. The van der Waals surface area contributed by atoms with Crippen molar-refractivity contribution in [3.8, 4) is 0 Å². The van der Waals surface area contributed by atoms with Gasteiger partial charge in [0.05, 0.1) is 0 Å². The van der Waals surface area contributed by atoms with Gasteiger partial charge in [0.2, 0.25) is 0 Å². The number of hydrogen-bond acceptors (Lipinski definition) is 3. The van der Waals surface area contributed by atoms with E-state index in [0.29, 0.717) is 4.75 Å². The summed E-state index contributed by atoms with van der Waals surface area (Å²) in [6, 6.07) is 7.83. The highest BCUT2D eigenvalue weighted by Gasteiger charge is 2.29. The van der Waals surface area contributed by atoms with Crippen LogP contribution < -0.4 is 10.6 Å². The SMILES string of the molecule is CN=C(NCCc1cccc(C(=O)N(C)C)c1)NCC1(C)CCCS1. The fraction of sp³-hybridized carbons (Fsp3) is 0.579. The fourth-order valence-electron chi connectivity index (χ4n) is 2.91. The molecule has 6 heteroatoms. The minimum absolute atomic E-state index is 0.0367. The van der Waals surface area contributed by atoms with Crippen LogP contribution in [0.2, 0.25) is 0 Å². The maximum Gasteiger partial charge on any atom is 0.253 e. The van der Waals surface area contributed by atoms with Crippen molar-refractivity contribution in [3.63, 3.8) is 0 Å². The Kier molecular flexibility index (Phi) is 7.17. The van der Waals surface area contributed by atoms with E-state index in [1.807, 2.05) is 30.0 Å². The largest absolute Gasteiger partial charge is 0.356 e. The molecule has 0 radical (unpaired) electrons. The molecule has 0 bridgehead atoms. The smallest absolute Gasteiger partial charge is 0.253 e. The van der Waals surface area contributed by atoms with Crippen molar-refractivity contribution in [3.05, 3.63) is 35.4 Å². The Hall–Kier alpha value is -1.69.